The molecule has 1 rings (SSSR count). The number of hydrogen-bond acceptors (Lipinski definition) is 5. The molecule has 17 heavy (non-hydrogen) atoms. The number of rotatable bonds is 5. The molecule has 1 heterocycles. The minimum Gasteiger partial charge on any atom is -0.394 e. The molecular weight excluding hydrogens is 246 g/mol. The van der Waals surface area contributed by atoms with E-state index in [1.54, 1.807) is 0 Å². The van der Waals surface area contributed by atoms with Gasteiger partial charge in [0.25, 0.3) is 0 Å². The zero-order valence-electron chi connectivity index (χ0n) is 9.55. The molecule has 0 bridgehead atoms. The lowest BCUT2D eigenvalue weighted by atomic mass is 10.1. The van der Waals surface area contributed by atoms with Crippen LogP contribution < -0.4 is 5.32 Å². The second kappa shape index (κ2) is 5.79. The van der Waals surface area contributed by atoms with Crippen LogP contribution in [0.1, 0.15) is 13.8 Å². The third-order valence-corrected chi connectivity index (χ3v) is 2.57. The zero-order chi connectivity index (χ0) is 13.0. The third kappa shape index (κ3) is 3.54. The van der Waals surface area contributed by atoms with Gasteiger partial charge in [-0.05, 0) is 12.0 Å². The predicted molar refractivity (Wildman–Crippen MR) is 65.2 cm³/mol. The molecule has 0 aliphatic carbocycles. The van der Waals surface area contributed by atoms with E-state index in [9.17, 15) is 10.1 Å². The first-order valence-electron chi connectivity index (χ1n) is 5.14. The Morgan fingerprint density at radius 1 is 1.59 bits per heavy atom. The molecule has 1 unspecified atom stereocenters. The fraction of sp³-hybridized carbons (Fsp3) is 0.500. The minimum absolute atomic E-state index is 0.0789. The van der Waals surface area contributed by atoms with Crippen LogP contribution in [-0.4, -0.2) is 27.7 Å². The SMILES string of the molecule is CC(C)C(CO)Nc1nc(Cl)ccc1[N+](=O)[O-]. The standard InChI is InChI=1S/C10H14ClN3O3/c1-6(2)7(5-15)12-10-8(14(16)17)3-4-9(11)13-10/h3-4,6-7,15H,5H2,1-2H3,(H,12,13). The predicted octanol–water partition coefficient (Wildman–Crippen LogP) is 2.07. The Morgan fingerprint density at radius 2 is 2.24 bits per heavy atom. The topological polar surface area (TPSA) is 88.3 Å². The number of anilines is 1. The van der Waals surface area contributed by atoms with E-state index < -0.39 is 4.92 Å². The maximum atomic E-state index is 10.8. The molecule has 6 nitrogen and oxygen atoms in total. The number of halogens is 1. The number of nitrogens with one attached hydrogen (secondary N) is 1. The normalized spacial score (nSPS) is 12.5. The molecule has 0 amide bonds. The van der Waals surface area contributed by atoms with Gasteiger partial charge in [-0.15, -0.1) is 0 Å². The van der Waals surface area contributed by atoms with Crippen LogP contribution in [0.4, 0.5) is 11.5 Å². The van der Waals surface area contributed by atoms with Gasteiger partial charge in [0.1, 0.15) is 5.15 Å². The van der Waals surface area contributed by atoms with Crippen molar-refractivity contribution in [1.82, 2.24) is 4.98 Å². The number of hydrogen-bond donors (Lipinski definition) is 2. The van der Waals surface area contributed by atoms with Gasteiger partial charge >= 0.3 is 5.69 Å². The van der Waals surface area contributed by atoms with Crippen molar-refractivity contribution in [3.05, 3.63) is 27.4 Å². The summed E-state index contributed by atoms with van der Waals surface area (Å²) in [6.07, 6.45) is 0. The van der Waals surface area contributed by atoms with Crippen molar-refractivity contribution in [2.45, 2.75) is 19.9 Å². The molecule has 0 saturated heterocycles. The van der Waals surface area contributed by atoms with E-state index in [0.29, 0.717) is 0 Å². The number of nitro groups is 1. The van der Waals surface area contributed by atoms with E-state index in [-0.39, 0.29) is 35.2 Å². The summed E-state index contributed by atoms with van der Waals surface area (Å²) in [5.74, 6) is 0.190. The van der Waals surface area contributed by atoms with Crippen molar-refractivity contribution >= 4 is 23.1 Å². The van der Waals surface area contributed by atoms with Gasteiger partial charge in [-0.1, -0.05) is 25.4 Å². The van der Waals surface area contributed by atoms with Crippen LogP contribution in [0.5, 0.6) is 0 Å². The molecule has 0 aromatic carbocycles. The maximum absolute atomic E-state index is 10.8. The smallest absolute Gasteiger partial charge is 0.311 e. The number of aliphatic hydroxyl groups excluding tert-OH is 1. The quantitative estimate of drug-likeness (QED) is 0.480. The largest absolute Gasteiger partial charge is 0.394 e. The highest BCUT2D eigenvalue weighted by Crippen LogP contribution is 2.25. The second-order valence-electron chi connectivity index (χ2n) is 3.94. The Bertz CT molecular complexity index is 412. The van der Waals surface area contributed by atoms with E-state index in [1.807, 2.05) is 13.8 Å². The van der Waals surface area contributed by atoms with E-state index >= 15 is 0 Å². The van der Waals surface area contributed by atoms with Crippen LogP contribution in [0.3, 0.4) is 0 Å². The first-order valence-corrected chi connectivity index (χ1v) is 5.51. The number of aliphatic hydroxyl groups is 1. The van der Waals surface area contributed by atoms with Crippen LogP contribution in [0.2, 0.25) is 5.15 Å². The Labute approximate surface area is 104 Å². The minimum atomic E-state index is -0.541. The Morgan fingerprint density at radius 3 is 2.71 bits per heavy atom. The van der Waals surface area contributed by atoms with Crippen molar-refractivity contribution in [3.8, 4) is 0 Å². The molecule has 0 aliphatic rings. The Balaban J connectivity index is 3.03. The van der Waals surface area contributed by atoms with E-state index in [4.69, 9.17) is 16.7 Å². The fourth-order valence-corrected chi connectivity index (χ4v) is 1.43. The van der Waals surface area contributed by atoms with Crippen molar-refractivity contribution in [3.63, 3.8) is 0 Å². The van der Waals surface area contributed by atoms with Crippen molar-refractivity contribution < 1.29 is 10.0 Å². The van der Waals surface area contributed by atoms with Gasteiger partial charge < -0.3 is 10.4 Å². The monoisotopic (exact) mass is 259 g/mol. The van der Waals surface area contributed by atoms with Crippen LogP contribution in [-0.2, 0) is 0 Å². The molecule has 7 heteroatoms. The highest BCUT2D eigenvalue weighted by Gasteiger charge is 2.20. The Hall–Kier alpha value is -1.40. The van der Waals surface area contributed by atoms with Crippen LogP contribution >= 0.6 is 11.6 Å². The Kier molecular flexibility index (Phi) is 4.65. The summed E-state index contributed by atoms with van der Waals surface area (Å²) in [5.41, 5.74) is -0.159. The summed E-state index contributed by atoms with van der Waals surface area (Å²) in [5, 5.41) is 23.0. The van der Waals surface area contributed by atoms with Gasteiger partial charge in [0.2, 0.25) is 5.82 Å². The molecule has 1 aromatic heterocycles. The fourth-order valence-electron chi connectivity index (χ4n) is 1.28. The van der Waals surface area contributed by atoms with Crippen molar-refractivity contribution in [1.29, 1.82) is 0 Å². The summed E-state index contributed by atoms with van der Waals surface area (Å²) in [7, 11) is 0. The summed E-state index contributed by atoms with van der Waals surface area (Å²) in [6, 6.07) is 2.33. The number of aromatic nitrogens is 1. The van der Waals surface area contributed by atoms with Gasteiger partial charge in [0.15, 0.2) is 0 Å². The lowest BCUT2D eigenvalue weighted by Gasteiger charge is -2.20. The summed E-state index contributed by atoms with van der Waals surface area (Å²) >= 11 is 5.69. The summed E-state index contributed by atoms with van der Waals surface area (Å²) in [6.45, 7) is 3.65. The number of nitrogens with zero attached hydrogens (tertiary/aromatic N) is 2. The average molecular weight is 260 g/mol. The van der Waals surface area contributed by atoms with Crippen molar-refractivity contribution in [2.75, 3.05) is 11.9 Å². The summed E-state index contributed by atoms with van der Waals surface area (Å²) < 4.78 is 0. The van der Waals surface area contributed by atoms with Crippen LogP contribution in [0, 0.1) is 16.0 Å². The molecule has 0 aliphatic heterocycles. The molecular formula is C10H14ClN3O3. The molecule has 0 radical (unpaired) electrons. The highest BCUT2D eigenvalue weighted by molar-refractivity contribution is 6.29. The average Bonchev–Trinajstić information content (AvgIpc) is 2.25. The first kappa shape index (κ1) is 13.7. The van der Waals surface area contributed by atoms with E-state index in [2.05, 4.69) is 10.3 Å². The summed E-state index contributed by atoms with van der Waals surface area (Å²) in [4.78, 5) is 14.1. The highest BCUT2D eigenvalue weighted by atomic mass is 35.5. The molecule has 2 N–H and O–H groups in total. The van der Waals surface area contributed by atoms with Gasteiger partial charge in [-0.3, -0.25) is 10.1 Å². The number of pyridine rings is 1. The molecule has 0 fully saturated rings. The van der Waals surface area contributed by atoms with Crippen LogP contribution in [0.25, 0.3) is 0 Å². The first-order chi connectivity index (χ1) is 7.95. The molecule has 1 atom stereocenters. The van der Waals surface area contributed by atoms with Gasteiger partial charge in [0.05, 0.1) is 17.6 Å². The second-order valence-corrected chi connectivity index (χ2v) is 4.32. The van der Waals surface area contributed by atoms with Gasteiger partial charge in [-0.25, -0.2) is 4.98 Å². The maximum Gasteiger partial charge on any atom is 0.311 e. The van der Waals surface area contributed by atoms with Crippen molar-refractivity contribution in [2.24, 2.45) is 5.92 Å². The molecule has 0 saturated carbocycles. The molecule has 0 spiro atoms. The molecule has 94 valence electrons. The lowest BCUT2D eigenvalue weighted by Crippen LogP contribution is -2.30. The van der Waals surface area contributed by atoms with Crippen LogP contribution in [0.15, 0.2) is 12.1 Å². The van der Waals surface area contributed by atoms with E-state index in [0.717, 1.165) is 0 Å². The molecule has 1 aromatic rings. The van der Waals surface area contributed by atoms with E-state index in [1.165, 1.54) is 12.1 Å². The zero-order valence-corrected chi connectivity index (χ0v) is 10.3. The third-order valence-electron chi connectivity index (χ3n) is 2.36. The van der Waals surface area contributed by atoms with Gasteiger partial charge in [0, 0.05) is 6.07 Å². The van der Waals surface area contributed by atoms with Gasteiger partial charge in [-0.2, -0.15) is 0 Å². The lowest BCUT2D eigenvalue weighted by molar-refractivity contribution is -0.384.